The highest BCUT2D eigenvalue weighted by Crippen LogP contribution is 2.23. The predicted molar refractivity (Wildman–Crippen MR) is 116 cm³/mol. The molecule has 10 heteroatoms. The van der Waals surface area contributed by atoms with E-state index in [2.05, 4.69) is 5.32 Å². The van der Waals surface area contributed by atoms with Crippen molar-refractivity contribution in [2.45, 2.75) is 25.7 Å². The van der Waals surface area contributed by atoms with Gasteiger partial charge in [0.05, 0.1) is 10.5 Å². The van der Waals surface area contributed by atoms with Crippen LogP contribution in [0.1, 0.15) is 29.8 Å². The zero-order valence-electron chi connectivity index (χ0n) is 16.9. The number of rotatable bonds is 8. The molecule has 0 aliphatic carbocycles. The van der Waals surface area contributed by atoms with Crippen molar-refractivity contribution in [3.05, 3.63) is 52.5 Å². The molecule has 0 unspecified atom stereocenters. The van der Waals surface area contributed by atoms with Crippen LogP contribution in [0.3, 0.4) is 0 Å². The van der Waals surface area contributed by atoms with E-state index >= 15 is 0 Å². The van der Waals surface area contributed by atoms with E-state index in [1.54, 1.807) is 26.8 Å². The third kappa shape index (κ3) is 5.50. The molecule has 0 saturated carbocycles. The van der Waals surface area contributed by atoms with Crippen LogP contribution in [0.2, 0.25) is 5.02 Å². The second-order valence-corrected chi connectivity index (χ2v) is 8.80. The Labute approximate surface area is 181 Å². The summed E-state index contributed by atoms with van der Waals surface area (Å²) in [5, 5.41) is 2.88. The zero-order valence-corrected chi connectivity index (χ0v) is 18.5. The number of carbonyl (C=O) groups is 2. The van der Waals surface area contributed by atoms with Crippen LogP contribution in [0, 0.1) is 6.92 Å². The maximum Gasteiger partial charge on any atom is 0.340 e. The van der Waals surface area contributed by atoms with Crippen molar-refractivity contribution in [3.63, 3.8) is 0 Å². The van der Waals surface area contributed by atoms with E-state index in [-0.39, 0.29) is 16.1 Å². The second-order valence-electron chi connectivity index (χ2n) is 6.42. The normalized spacial score (nSPS) is 11.4. The minimum atomic E-state index is -3.68. The summed E-state index contributed by atoms with van der Waals surface area (Å²) < 4.78 is 31.7. The van der Waals surface area contributed by atoms with E-state index in [4.69, 9.17) is 22.1 Å². The lowest BCUT2D eigenvalue weighted by molar-refractivity contribution is -0.119. The number of amides is 1. The maximum atomic E-state index is 12.7. The van der Waals surface area contributed by atoms with Gasteiger partial charge in [0.2, 0.25) is 10.0 Å². The van der Waals surface area contributed by atoms with Crippen molar-refractivity contribution in [1.82, 2.24) is 4.31 Å². The number of ether oxygens (including phenoxy) is 1. The van der Waals surface area contributed by atoms with Gasteiger partial charge in [0.15, 0.2) is 6.61 Å². The number of carbonyl (C=O) groups excluding carboxylic acids is 2. The molecule has 2 aromatic carbocycles. The molecule has 8 nitrogen and oxygen atoms in total. The van der Waals surface area contributed by atoms with Crippen molar-refractivity contribution in [3.8, 4) is 0 Å². The Morgan fingerprint density at radius 2 is 1.80 bits per heavy atom. The van der Waals surface area contributed by atoms with Gasteiger partial charge in [-0.15, -0.1) is 0 Å². The van der Waals surface area contributed by atoms with E-state index in [0.29, 0.717) is 29.4 Å². The van der Waals surface area contributed by atoms with E-state index in [1.165, 1.54) is 34.6 Å². The first-order valence-electron chi connectivity index (χ1n) is 9.23. The Bertz CT molecular complexity index is 1050. The number of hydrogen-bond acceptors (Lipinski definition) is 6. The van der Waals surface area contributed by atoms with Gasteiger partial charge in [-0.1, -0.05) is 31.5 Å². The number of hydrogen-bond donors (Lipinski definition) is 2. The van der Waals surface area contributed by atoms with E-state index in [9.17, 15) is 18.0 Å². The molecule has 0 aromatic heterocycles. The number of nitrogens with one attached hydrogen (secondary N) is 1. The molecular formula is C20H24ClN3O5S. The molecule has 0 aliphatic rings. The molecule has 30 heavy (non-hydrogen) atoms. The summed E-state index contributed by atoms with van der Waals surface area (Å²) in [6.45, 7) is 5.31. The molecule has 0 saturated heterocycles. The van der Waals surface area contributed by atoms with Crippen LogP contribution in [-0.2, 0) is 19.6 Å². The highest BCUT2D eigenvalue weighted by atomic mass is 35.5. The quantitative estimate of drug-likeness (QED) is 0.468. The summed E-state index contributed by atoms with van der Waals surface area (Å²) in [6, 6.07) is 8.82. The molecule has 3 N–H and O–H groups in total. The summed E-state index contributed by atoms with van der Waals surface area (Å²) in [4.78, 5) is 24.5. The number of benzene rings is 2. The fraction of sp³-hybridized carbons (Fsp3) is 0.300. The van der Waals surface area contributed by atoms with Gasteiger partial charge in [-0.05, 0) is 42.8 Å². The summed E-state index contributed by atoms with van der Waals surface area (Å²) >= 11 is 5.85. The molecule has 1 amide bonds. The number of aryl methyl sites for hydroxylation is 1. The number of nitrogens with zero attached hydrogens (tertiary/aromatic N) is 1. The van der Waals surface area contributed by atoms with Crippen LogP contribution in [0.5, 0.6) is 0 Å². The molecule has 162 valence electrons. The van der Waals surface area contributed by atoms with E-state index in [0.717, 1.165) is 0 Å². The monoisotopic (exact) mass is 453 g/mol. The third-order valence-corrected chi connectivity index (χ3v) is 6.68. The summed E-state index contributed by atoms with van der Waals surface area (Å²) in [6.07, 6.45) is 0. The van der Waals surface area contributed by atoms with Crippen molar-refractivity contribution in [2.24, 2.45) is 0 Å². The van der Waals surface area contributed by atoms with Gasteiger partial charge in [-0.2, -0.15) is 4.31 Å². The number of anilines is 2. The molecule has 0 bridgehead atoms. The summed E-state index contributed by atoms with van der Waals surface area (Å²) in [7, 11) is -3.68. The molecule has 0 aliphatic heterocycles. The van der Waals surface area contributed by atoms with E-state index < -0.39 is 28.5 Å². The second kappa shape index (κ2) is 9.92. The smallest absolute Gasteiger partial charge is 0.340 e. The first kappa shape index (κ1) is 23.7. The molecule has 2 aromatic rings. The van der Waals surface area contributed by atoms with Gasteiger partial charge in [-0.25, -0.2) is 13.2 Å². The van der Waals surface area contributed by atoms with Gasteiger partial charge in [-0.3, -0.25) is 4.79 Å². The van der Waals surface area contributed by atoms with Crippen molar-refractivity contribution in [1.29, 1.82) is 0 Å². The maximum absolute atomic E-state index is 12.7. The molecule has 0 atom stereocenters. The highest BCUT2D eigenvalue weighted by Gasteiger charge is 2.22. The fourth-order valence-corrected chi connectivity index (χ4v) is 4.37. The first-order chi connectivity index (χ1) is 14.1. The number of esters is 1. The molecule has 2 rings (SSSR count). The topological polar surface area (TPSA) is 119 Å². The predicted octanol–water partition coefficient (Wildman–Crippen LogP) is 3.06. The molecular weight excluding hydrogens is 430 g/mol. The van der Waals surface area contributed by atoms with Crippen molar-refractivity contribution >= 4 is 44.9 Å². The largest absolute Gasteiger partial charge is 0.452 e. The third-order valence-electron chi connectivity index (χ3n) is 4.40. The molecule has 0 spiro atoms. The van der Waals surface area contributed by atoms with Crippen LogP contribution in [0.4, 0.5) is 11.4 Å². The standard InChI is InChI=1S/C20H24ClN3O5S/c1-4-24(5-2)30(27,28)15-8-6-13(3)18(11-15)23-19(25)12-29-20(26)16-10-14(21)7-9-17(16)22/h6-11H,4-5,12,22H2,1-3H3,(H,23,25). The van der Waals surface area contributed by atoms with Crippen LogP contribution >= 0.6 is 11.6 Å². The number of sulfonamides is 1. The van der Waals surface area contributed by atoms with Crippen molar-refractivity contribution in [2.75, 3.05) is 30.7 Å². The number of halogens is 1. The van der Waals surface area contributed by atoms with Gasteiger partial charge in [0.1, 0.15) is 0 Å². The minimum Gasteiger partial charge on any atom is -0.452 e. The van der Waals surface area contributed by atoms with Crippen LogP contribution in [0.25, 0.3) is 0 Å². The average molecular weight is 454 g/mol. The highest BCUT2D eigenvalue weighted by molar-refractivity contribution is 7.89. The first-order valence-corrected chi connectivity index (χ1v) is 11.0. The van der Waals surface area contributed by atoms with Crippen LogP contribution in [0.15, 0.2) is 41.3 Å². The average Bonchev–Trinajstić information content (AvgIpc) is 2.70. The number of nitrogens with two attached hydrogens (primary N) is 1. The Kier molecular flexibility index (Phi) is 7.83. The van der Waals surface area contributed by atoms with Crippen LogP contribution in [-0.4, -0.2) is 44.3 Å². The Morgan fingerprint density at radius 3 is 2.43 bits per heavy atom. The van der Waals surface area contributed by atoms with Gasteiger partial charge >= 0.3 is 5.97 Å². The van der Waals surface area contributed by atoms with Crippen molar-refractivity contribution < 1.29 is 22.7 Å². The lowest BCUT2D eigenvalue weighted by Gasteiger charge is -2.19. The Morgan fingerprint density at radius 1 is 1.13 bits per heavy atom. The molecule has 0 heterocycles. The molecule has 0 fully saturated rings. The number of nitrogen functional groups attached to an aromatic ring is 1. The van der Waals surface area contributed by atoms with Crippen LogP contribution < -0.4 is 11.1 Å². The van der Waals surface area contributed by atoms with E-state index in [1.807, 2.05) is 0 Å². The molecule has 0 radical (unpaired) electrons. The summed E-state index contributed by atoms with van der Waals surface area (Å²) in [5.74, 6) is -1.41. The van der Waals surface area contributed by atoms with Gasteiger partial charge in [0, 0.05) is 29.5 Å². The fourth-order valence-electron chi connectivity index (χ4n) is 2.71. The lowest BCUT2D eigenvalue weighted by atomic mass is 10.2. The minimum absolute atomic E-state index is 0.0544. The Balaban J connectivity index is 2.11. The lowest BCUT2D eigenvalue weighted by Crippen LogP contribution is -2.30. The summed E-state index contributed by atoms with van der Waals surface area (Å²) in [5.41, 5.74) is 6.93. The van der Waals surface area contributed by atoms with Gasteiger partial charge < -0.3 is 15.8 Å². The van der Waals surface area contributed by atoms with Gasteiger partial charge in [0.25, 0.3) is 5.91 Å². The zero-order chi connectivity index (χ0) is 22.5. The Hall–Kier alpha value is -2.62. The SMILES string of the molecule is CCN(CC)S(=O)(=O)c1ccc(C)c(NC(=O)COC(=O)c2cc(Cl)ccc2N)c1.